The molecule has 1 fully saturated rings. The molecular weight excluding hydrogens is 409 g/mol. The average molecular weight is 434 g/mol. The Morgan fingerprint density at radius 2 is 1.86 bits per heavy atom. The largest absolute Gasteiger partial charge is 0.367 e. The van der Waals surface area contributed by atoms with Gasteiger partial charge in [-0.1, -0.05) is 30.1 Å². The third-order valence-electron chi connectivity index (χ3n) is 5.09. The van der Waals surface area contributed by atoms with Crippen LogP contribution in [0.2, 0.25) is 10.0 Å². The number of imidazole rings is 1. The van der Waals surface area contributed by atoms with Crippen LogP contribution in [0.25, 0.3) is 11.0 Å². The molecule has 0 saturated carbocycles. The van der Waals surface area contributed by atoms with Crippen LogP contribution in [0, 0.1) is 6.92 Å². The summed E-state index contributed by atoms with van der Waals surface area (Å²) in [6.07, 6.45) is 3.45. The summed E-state index contributed by atoms with van der Waals surface area (Å²) in [7, 11) is 0. The number of rotatable bonds is 6. The molecule has 1 aromatic carbocycles. The summed E-state index contributed by atoms with van der Waals surface area (Å²) < 4.78 is 0. The third kappa shape index (κ3) is 4.91. The molecule has 2 aromatic heterocycles. The summed E-state index contributed by atoms with van der Waals surface area (Å²) in [6.45, 7) is 7.63. The molecular formula is C20H25Cl2N7. The second-order valence-corrected chi connectivity index (χ2v) is 8.29. The predicted molar refractivity (Wildman–Crippen MR) is 120 cm³/mol. The van der Waals surface area contributed by atoms with Crippen LogP contribution in [0.1, 0.15) is 31.9 Å². The van der Waals surface area contributed by atoms with Gasteiger partial charge in [0.1, 0.15) is 5.82 Å². The van der Waals surface area contributed by atoms with Crippen LogP contribution >= 0.6 is 23.2 Å². The Balaban J connectivity index is 1.46. The Hall–Kier alpha value is -2.09. The van der Waals surface area contributed by atoms with Crippen molar-refractivity contribution in [1.82, 2.24) is 24.8 Å². The first-order valence-electron chi connectivity index (χ1n) is 9.96. The van der Waals surface area contributed by atoms with Crippen molar-refractivity contribution >= 4 is 51.9 Å². The number of anilines is 3. The van der Waals surface area contributed by atoms with Gasteiger partial charge in [-0.3, -0.25) is 5.32 Å². The molecule has 0 radical (unpaired) electrons. The third-order valence-corrected chi connectivity index (χ3v) is 5.81. The van der Waals surface area contributed by atoms with E-state index in [-0.39, 0.29) is 0 Å². The molecule has 0 unspecified atom stereocenters. The first-order valence-corrected chi connectivity index (χ1v) is 10.7. The Labute approximate surface area is 180 Å². The summed E-state index contributed by atoms with van der Waals surface area (Å²) in [5.41, 5.74) is 2.41. The van der Waals surface area contributed by atoms with Gasteiger partial charge in [0.2, 0.25) is 11.9 Å². The lowest BCUT2D eigenvalue weighted by Gasteiger charge is -2.32. The van der Waals surface area contributed by atoms with Crippen LogP contribution in [0.5, 0.6) is 0 Å². The number of hydrogen-bond donors (Lipinski definition) is 3. The van der Waals surface area contributed by atoms with Crippen LogP contribution in [0.15, 0.2) is 18.2 Å². The summed E-state index contributed by atoms with van der Waals surface area (Å²) in [4.78, 5) is 19.3. The first kappa shape index (κ1) is 20.2. The lowest BCUT2D eigenvalue weighted by Crippen LogP contribution is -2.39. The van der Waals surface area contributed by atoms with Crippen molar-refractivity contribution in [1.29, 1.82) is 0 Å². The van der Waals surface area contributed by atoms with Crippen LogP contribution in [0.3, 0.4) is 0 Å². The molecule has 0 amide bonds. The number of H-pyrrole nitrogens is 1. The Kier molecular flexibility index (Phi) is 6.08. The predicted octanol–water partition coefficient (Wildman–Crippen LogP) is 5.00. The van der Waals surface area contributed by atoms with Gasteiger partial charge in [-0.05, 0) is 44.9 Å². The Morgan fingerprint density at radius 1 is 1.10 bits per heavy atom. The Morgan fingerprint density at radius 3 is 2.62 bits per heavy atom. The van der Waals surface area contributed by atoms with Crippen molar-refractivity contribution in [2.45, 2.75) is 39.2 Å². The fourth-order valence-corrected chi connectivity index (χ4v) is 4.02. The highest BCUT2D eigenvalue weighted by Gasteiger charge is 2.19. The van der Waals surface area contributed by atoms with E-state index in [4.69, 9.17) is 23.2 Å². The number of nitrogens with one attached hydrogen (secondary N) is 3. The van der Waals surface area contributed by atoms with Crippen molar-refractivity contribution in [3.8, 4) is 0 Å². The van der Waals surface area contributed by atoms with Crippen LogP contribution < -0.4 is 10.6 Å². The molecule has 1 saturated heterocycles. The summed E-state index contributed by atoms with van der Waals surface area (Å²) in [5.74, 6) is 1.87. The molecule has 154 valence electrons. The number of likely N-dealkylation sites (tertiary alicyclic amines) is 1. The van der Waals surface area contributed by atoms with Gasteiger partial charge in [0.05, 0.1) is 21.1 Å². The monoisotopic (exact) mass is 433 g/mol. The zero-order valence-corrected chi connectivity index (χ0v) is 18.1. The van der Waals surface area contributed by atoms with Crippen LogP contribution in [-0.4, -0.2) is 50.5 Å². The Bertz CT molecular complexity index is 957. The SMILES string of the molecule is CCCN1CCC(Nc2cc(C)nc(Nc3nc4cc(Cl)c(Cl)cc4[nH]3)n2)CC1. The second kappa shape index (κ2) is 8.73. The minimum Gasteiger partial charge on any atom is -0.367 e. The van der Waals surface area contributed by atoms with Gasteiger partial charge < -0.3 is 15.2 Å². The van der Waals surface area contributed by atoms with Gasteiger partial charge in [-0.15, -0.1) is 0 Å². The van der Waals surface area contributed by atoms with Crippen molar-refractivity contribution < 1.29 is 0 Å². The molecule has 3 aromatic rings. The maximum absolute atomic E-state index is 6.08. The average Bonchev–Trinajstić information content (AvgIpc) is 3.04. The molecule has 3 N–H and O–H groups in total. The van der Waals surface area contributed by atoms with Crippen molar-refractivity contribution in [3.63, 3.8) is 0 Å². The molecule has 0 atom stereocenters. The zero-order valence-electron chi connectivity index (χ0n) is 16.6. The second-order valence-electron chi connectivity index (χ2n) is 7.47. The van der Waals surface area contributed by atoms with Crippen LogP contribution in [0.4, 0.5) is 17.7 Å². The number of fused-ring (bicyclic) bond motifs is 1. The first-order chi connectivity index (χ1) is 14.0. The molecule has 0 spiro atoms. The maximum Gasteiger partial charge on any atom is 0.231 e. The zero-order chi connectivity index (χ0) is 20.4. The van der Waals surface area contributed by atoms with E-state index >= 15 is 0 Å². The number of benzene rings is 1. The van der Waals surface area contributed by atoms with E-state index < -0.39 is 0 Å². The highest BCUT2D eigenvalue weighted by atomic mass is 35.5. The molecule has 0 bridgehead atoms. The standard InChI is InChI=1S/C20H25Cl2N7/c1-3-6-29-7-4-13(5-8-29)24-18-9-12(2)23-19(27-18)28-20-25-16-10-14(21)15(22)11-17(16)26-20/h9-11,13H,3-8H2,1-2H3,(H3,23,24,25,26,27,28). The van der Waals surface area contributed by atoms with Crippen molar-refractivity contribution in [2.75, 3.05) is 30.3 Å². The quantitative estimate of drug-likeness (QED) is 0.507. The van der Waals surface area contributed by atoms with Gasteiger partial charge >= 0.3 is 0 Å². The lowest BCUT2D eigenvalue weighted by molar-refractivity contribution is 0.219. The number of nitrogens with zero attached hydrogens (tertiary/aromatic N) is 4. The maximum atomic E-state index is 6.08. The van der Waals surface area contributed by atoms with E-state index in [1.807, 2.05) is 13.0 Å². The highest BCUT2D eigenvalue weighted by molar-refractivity contribution is 6.42. The van der Waals surface area contributed by atoms with E-state index in [0.29, 0.717) is 28.0 Å². The normalized spacial score (nSPS) is 15.7. The molecule has 1 aliphatic rings. The minimum atomic E-state index is 0.431. The number of aryl methyl sites for hydroxylation is 1. The van der Waals surface area contributed by atoms with E-state index in [1.54, 1.807) is 12.1 Å². The lowest BCUT2D eigenvalue weighted by atomic mass is 10.0. The van der Waals surface area contributed by atoms with Gasteiger partial charge in [0, 0.05) is 30.9 Å². The topological polar surface area (TPSA) is 81.8 Å². The fraction of sp³-hybridized carbons (Fsp3) is 0.450. The highest BCUT2D eigenvalue weighted by Crippen LogP contribution is 2.28. The number of hydrogen-bond acceptors (Lipinski definition) is 6. The number of aromatic nitrogens is 4. The molecule has 3 heterocycles. The van der Waals surface area contributed by atoms with E-state index in [2.05, 4.69) is 42.4 Å². The summed E-state index contributed by atoms with van der Waals surface area (Å²) in [6, 6.07) is 5.89. The van der Waals surface area contributed by atoms with Gasteiger partial charge in [0.15, 0.2) is 0 Å². The van der Waals surface area contributed by atoms with Gasteiger partial charge in [0.25, 0.3) is 0 Å². The van der Waals surface area contributed by atoms with Gasteiger partial charge in [-0.2, -0.15) is 4.98 Å². The molecule has 1 aliphatic heterocycles. The number of halogens is 2. The van der Waals surface area contributed by atoms with Crippen molar-refractivity contribution in [2.24, 2.45) is 0 Å². The number of piperidine rings is 1. The summed E-state index contributed by atoms with van der Waals surface area (Å²) in [5, 5.41) is 7.68. The fourth-order valence-electron chi connectivity index (χ4n) is 3.69. The van der Waals surface area contributed by atoms with E-state index in [9.17, 15) is 0 Å². The number of aromatic amines is 1. The molecule has 9 heteroatoms. The minimum absolute atomic E-state index is 0.431. The molecule has 4 rings (SSSR count). The van der Waals surface area contributed by atoms with Crippen molar-refractivity contribution in [3.05, 3.63) is 33.9 Å². The summed E-state index contributed by atoms with van der Waals surface area (Å²) >= 11 is 12.2. The smallest absolute Gasteiger partial charge is 0.231 e. The molecule has 7 nitrogen and oxygen atoms in total. The van der Waals surface area contributed by atoms with E-state index in [1.165, 1.54) is 13.0 Å². The molecule has 29 heavy (non-hydrogen) atoms. The van der Waals surface area contributed by atoms with Crippen LogP contribution in [-0.2, 0) is 0 Å². The van der Waals surface area contributed by atoms with E-state index in [0.717, 1.165) is 48.5 Å². The molecule has 0 aliphatic carbocycles. The van der Waals surface area contributed by atoms with Gasteiger partial charge in [-0.25, -0.2) is 9.97 Å².